The zero-order valence-electron chi connectivity index (χ0n) is 16.3. The number of likely N-dealkylation sites (tertiary alicyclic amines) is 1. The summed E-state index contributed by atoms with van der Waals surface area (Å²) >= 11 is 0. The Labute approximate surface area is 161 Å². The van der Waals surface area contributed by atoms with E-state index in [0.717, 1.165) is 22.4 Å². The van der Waals surface area contributed by atoms with Crippen LogP contribution in [-0.4, -0.2) is 24.0 Å². The van der Waals surface area contributed by atoms with Crippen LogP contribution in [0.4, 0.5) is 10.5 Å². The van der Waals surface area contributed by atoms with Crippen molar-refractivity contribution in [2.45, 2.75) is 44.9 Å². The van der Waals surface area contributed by atoms with E-state index in [0.29, 0.717) is 31.8 Å². The third-order valence-corrected chi connectivity index (χ3v) is 5.60. The Hall–Kier alpha value is -2.80. The number of carbonyl (C=O) groups is 1. The number of anilines is 1. The fraction of sp³-hybridized carbons (Fsp3) is 0.391. The number of nitrogens with one attached hydrogen (secondary N) is 1. The number of carbonyl (C=O) groups excluding carboxylic acids is 1. The molecule has 4 nitrogen and oxygen atoms in total. The van der Waals surface area contributed by atoms with Crippen molar-refractivity contribution >= 4 is 11.7 Å². The molecule has 27 heavy (non-hydrogen) atoms. The summed E-state index contributed by atoms with van der Waals surface area (Å²) in [4.78, 5) is 14.7. The van der Waals surface area contributed by atoms with Crippen LogP contribution in [-0.2, 0) is 5.41 Å². The Morgan fingerprint density at radius 3 is 2.37 bits per heavy atom. The zero-order valence-corrected chi connectivity index (χ0v) is 16.3. The number of nitriles is 1. The number of rotatable bonds is 3. The van der Waals surface area contributed by atoms with E-state index >= 15 is 0 Å². The molecule has 0 spiro atoms. The molecule has 0 atom stereocenters. The van der Waals surface area contributed by atoms with Gasteiger partial charge in [-0.05, 0) is 42.4 Å². The minimum atomic E-state index is -0.496. The van der Waals surface area contributed by atoms with E-state index in [-0.39, 0.29) is 6.03 Å². The Bertz CT molecular complexity index is 844. The van der Waals surface area contributed by atoms with Crippen molar-refractivity contribution in [1.82, 2.24) is 4.90 Å². The summed E-state index contributed by atoms with van der Waals surface area (Å²) in [5.41, 5.74) is 3.69. The van der Waals surface area contributed by atoms with Crippen LogP contribution in [0.2, 0.25) is 0 Å². The van der Waals surface area contributed by atoms with E-state index < -0.39 is 5.41 Å². The van der Waals surface area contributed by atoms with E-state index in [2.05, 4.69) is 31.3 Å². The second kappa shape index (κ2) is 7.84. The summed E-state index contributed by atoms with van der Waals surface area (Å²) in [5.74, 6) is 0.339. The molecule has 2 aromatic rings. The first kappa shape index (κ1) is 19.0. The van der Waals surface area contributed by atoms with Gasteiger partial charge >= 0.3 is 6.03 Å². The van der Waals surface area contributed by atoms with Gasteiger partial charge in [-0.25, -0.2) is 4.79 Å². The third kappa shape index (κ3) is 3.83. The number of benzene rings is 2. The van der Waals surface area contributed by atoms with E-state index in [1.807, 2.05) is 54.3 Å². The molecule has 0 saturated carbocycles. The molecule has 1 aliphatic rings. The highest BCUT2D eigenvalue weighted by Gasteiger charge is 2.37. The molecule has 4 heteroatoms. The number of nitrogens with zero attached hydrogens (tertiary/aromatic N) is 2. The Balaban J connectivity index is 1.72. The number of amides is 2. The van der Waals surface area contributed by atoms with Gasteiger partial charge in [-0.1, -0.05) is 62.4 Å². The monoisotopic (exact) mass is 361 g/mol. The molecule has 0 radical (unpaired) electrons. The van der Waals surface area contributed by atoms with Gasteiger partial charge in [-0.2, -0.15) is 5.26 Å². The van der Waals surface area contributed by atoms with E-state index in [1.165, 1.54) is 0 Å². The quantitative estimate of drug-likeness (QED) is 0.816. The van der Waals surface area contributed by atoms with Crippen LogP contribution in [0.3, 0.4) is 0 Å². The van der Waals surface area contributed by atoms with E-state index in [1.54, 1.807) is 0 Å². The molecule has 1 saturated heterocycles. The SMILES string of the molecule is Cc1cccc(C(C)C)c1NC(=O)N1CCC(C#N)(c2ccccc2)CC1. The van der Waals surface area contributed by atoms with Gasteiger partial charge in [0.05, 0.1) is 11.5 Å². The molecule has 3 rings (SSSR count). The minimum Gasteiger partial charge on any atom is -0.324 e. The van der Waals surface area contributed by atoms with Gasteiger partial charge in [-0.15, -0.1) is 0 Å². The molecule has 0 bridgehead atoms. The maximum Gasteiger partial charge on any atom is 0.321 e. The molecular formula is C23H27N3O. The first-order valence-corrected chi connectivity index (χ1v) is 9.59. The molecule has 0 aromatic heterocycles. The summed E-state index contributed by atoms with van der Waals surface area (Å²) in [7, 11) is 0. The molecule has 2 amide bonds. The van der Waals surface area contributed by atoms with Gasteiger partial charge in [0.2, 0.25) is 0 Å². The zero-order chi connectivity index (χ0) is 19.4. The second-order valence-electron chi connectivity index (χ2n) is 7.67. The maximum absolute atomic E-state index is 12.9. The predicted octanol–water partition coefficient (Wildman–Crippen LogP) is 5.21. The lowest BCUT2D eigenvalue weighted by Gasteiger charge is -2.37. The molecule has 2 aromatic carbocycles. The van der Waals surface area contributed by atoms with Crippen molar-refractivity contribution in [3.8, 4) is 6.07 Å². The number of hydrogen-bond donors (Lipinski definition) is 1. The number of urea groups is 1. The first-order valence-electron chi connectivity index (χ1n) is 9.59. The van der Waals surface area contributed by atoms with Crippen molar-refractivity contribution in [1.29, 1.82) is 5.26 Å². The van der Waals surface area contributed by atoms with E-state index in [9.17, 15) is 10.1 Å². The van der Waals surface area contributed by atoms with Crippen molar-refractivity contribution in [2.24, 2.45) is 0 Å². The fourth-order valence-corrected chi connectivity index (χ4v) is 3.84. The Kier molecular flexibility index (Phi) is 5.51. The number of aryl methyl sites for hydroxylation is 1. The highest BCUT2D eigenvalue weighted by atomic mass is 16.2. The predicted molar refractivity (Wildman–Crippen MR) is 109 cm³/mol. The van der Waals surface area contributed by atoms with Gasteiger partial charge < -0.3 is 10.2 Å². The fourth-order valence-electron chi connectivity index (χ4n) is 3.84. The lowest BCUT2D eigenvalue weighted by Crippen LogP contribution is -2.46. The first-order chi connectivity index (χ1) is 13.0. The number of hydrogen-bond acceptors (Lipinski definition) is 2. The van der Waals surface area contributed by atoms with Crippen LogP contribution >= 0.6 is 0 Å². The minimum absolute atomic E-state index is 0.0780. The summed E-state index contributed by atoms with van der Waals surface area (Å²) in [6.45, 7) is 7.45. The van der Waals surface area contributed by atoms with Gasteiger partial charge in [-0.3, -0.25) is 0 Å². The van der Waals surface area contributed by atoms with Crippen LogP contribution in [0.15, 0.2) is 48.5 Å². The lowest BCUT2D eigenvalue weighted by atomic mass is 9.74. The molecule has 0 unspecified atom stereocenters. The van der Waals surface area contributed by atoms with Crippen molar-refractivity contribution in [3.63, 3.8) is 0 Å². The summed E-state index contributed by atoms with van der Waals surface area (Å²) < 4.78 is 0. The molecule has 1 fully saturated rings. The van der Waals surface area contributed by atoms with Gasteiger partial charge in [0, 0.05) is 18.8 Å². The van der Waals surface area contributed by atoms with Crippen molar-refractivity contribution in [3.05, 3.63) is 65.2 Å². The van der Waals surface area contributed by atoms with Gasteiger partial charge in [0.1, 0.15) is 0 Å². The topological polar surface area (TPSA) is 56.1 Å². The second-order valence-corrected chi connectivity index (χ2v) is 7.67. The number of para-hydroxylation sites is 1. The van der Waals surface area contributed by atoms with Gasteiger partial charge in [0.15, 0.2) is 0 Å². The van der Waals surface area contributed by atoms with Crippen LogP contribution in [0, 0.1) is 18.3 Å². The third-order valence-electron chi connectivity index (χ3n) is 5.60. The molecule has 1 heterocycles. The lowest BCUT2D eigenvalue weighted by molar-refractivity contribution is 0.183. The molecule has 0 aliphatic carbocycles. The average molecular weight is 361 g/mol. The molecule has 140 valence electrons. The molecular weight excluding hydrogens is 334 g/mol. The van der Waals surface area contributed by atoms with E-state index in [4.69, 9.17) is 0 Å². The molecule has 1 N–H and O–H groups in total. The maximum atomic E-state index is 12.9. The highest BCUT2D eigenvalue weighted by Crippen LogP contribution is 2.35. The van der Waals surface area contributed by atoms with Crippen molar-refractivity contribution in [2.75, 3.05) is 18.4 Å². The Morgan fingerprint density at radius 1 is 1.11 bits per heavy atom. The highest BCUT2D eigenvalue weighted by molar-refractivity contribution is 5.91. The summed E-state index contributed by atoms with van der Waals surface area (Å²) in [5, 5.41) is 12.9. The normalized spacial score (nSPS) is 16.0. The van der Waals surface area contributed by atoms with Crippen molar-refractivity contribution < 1.29 is 4.79 Å². The van der Waals surface area contributed by atoms with Crippen LogP contribution in [0.5, 0.6) is 0 Å². The molecule has 1 aliphatic heterocycles. The van der Waals surface area contributed by atoms with Crippen LogP contribution in [0.1, 0.15) is 49.3 Å². The van der Waals surface area contributed by atoms with Gasteiger partial charge in [0.25, 0.3) is 0 Å². The summed E-state index contributed by atoms with van der Waals surface area (Å²) in [6.07, 6.45) is 1.32. The largest absolute Gasteiger partial charge is 0.324 e. The smallest absolute Gasteiger partial charge is 0.321 e. The van der Waals surface area contributed by atoms with Crippen LogP contribution < -0.4 is 5.32 Å². The van der Waals surface area contributed by atoms with Crippen LogP contribution in [0.25, 0.3) is 0 Å². The number of piperidine rings is 1. The standard InChI is InChI=1S/C23H27N3O/c1-17(2)20-11-7-8-18(3)21(20)25-22(27)26-14-12-23(16-24,13-15-26)19-9-5-4-6-10-19/h4-11,17H,12-15H2,1-3H3,(H,25,27). The summed E-state index contributed by atoms with van der Waals surface area (Å²) in [6, 6.07) is 18.5. The average Bonchev–Trinajstić information content (AvgIpc) is 2.70. The Morgan fingerprint density at radius 2 is 1.78 bits per heavy atom.